The van der Waals surface area contributed by atoms with Gasteiger partial charge in [0.15, 0.2) is 0 Å². The third kappa shape index (κ3) is 7.32. The SMILES string of the molecule is NCCc1ccc(S(=O)(=O)Cl)cc1.O=S(=O)(Cl)c1ccccc1. The van der Waals surface area contributed by atoms with Crippen molar-refractivity contribution < 1.29 is 16.8 Å². The Bertz CT molecular complexity index is 821. The summed E-state index contributed by atoms with van der Waals surface area (Å²) in [7, 11) is 3.04. The molecule has 2 N–H and O–H groups in total. The van der Waals surface area contributed by atoms with E-state index in [-0.39, 0.29) is 9.79 Å². The average molecular weight is 396 g/mol. The number of hydrogen-bond acceptors (Lipinski definition) is 5. The summed E-state index contributed by atoms with van der Waals surface area (Å²) in [4.78, 5) is 0.256. The second kappa shape index (κ2) is 8.65. The predicted molar refractivity (Wildman–Crippen MR) is 91.7 cm³/mol. The zero-order valence-corrected chi connectivity index (χ0v) is 15.0. The molecule has 0 fully saturated rings. The number of nitrogens with two attached hydrogens (primary N) is 1. The Hall–Kier alpha value is -1.12. The van der Waals surface area contributed by atoms with Crippen molar-refractivity contribution >= 4 is 39.5 Å². The second-order valence-electron chi connectivity index (χ2n) is 4.37. The first kappa shape index (κ1) is 19.9. The van der Waals surface area contributed by atoms with E-state index in [2.05, 4.69) is 0 Å². The van der Waals surface area contributed by atoms with Crippen molar-refractivity contribution in [2.24, 2.45) is 5.73 Å². The van der Waals surface area contributed by atoms with Crippen molar-refractivity contribution in [1.82, 2.24) is 0 Å². The minimum absolute atomic E-state index is 0.120. The minimum atomic E-state index is -3.59. The highest BCUT2D eigenvalue weighted by Gasteiger charge is 2.08. The summed E-state index contributed by atoms with van der Waals surface area (Å²) >= 11 is 0. The fourth-order valence-electron chi connectivity index (χ4n) is 1.57. The summed E-state index contributed by atoms with van der Waals surface area (Å²) < 4.78 is 42.9. The Morgan fingerprint density at radius 2 is 1.17 bits per heavy atom. The highest BCUT2D eigenvalue weighted by atomic mass is 35.7. The molecule has 0 aliphatic rings. The maximum atomic E-state index is 10.8. The molecule has 2 aromatic carbocycles. The van der Waals surface area contributed by atoms with Crippen LogP contribution in [0.2, 0.25) is 0 Å². The third-order valence-electron chi connectivity index (χ3n) is 2.66. The number of hydrogen-bond donors (Lipinski definition) is 1. The van der Waals surface area contributed by atoms with Crippen LogP contribution in [0.4, 0.5) is 0 Å². The summed E-state index contributed by atoms with van der Waals surface area (Å²) in [6, 6.07) is 14.2. The smallest absolute Gasteiger partial charge is 0.261 e. The van der Waals surface area contributed by atoms with Gasteiger partial charge < -0.3 is 5.73 Å². The van der Waals surface area contributed by atoms with Gasteiger partial charge >= 0.3 is 0 Å². The lowest BCUT2D eigenvalue weighted by molar-refractivity contribution is 0.608. The molecular weight excluding hydrogens is 381 g/mol. The highest BCUT2D eigenvalue weighted by molar-refractivity contribution is 8.14. The van der Waals surface area contributed by atoms with Crippen molar-refractivity contribution in [3.8, 4) is 0 Å². The fourth-order valence-corrected chi connectivity index (χ4v) is 3.13. The van der Waals surface area contributed by atoms with Crippen LogP contribution < -0.4 is 5.73 Å². The predicted octanol–water partition coefficient (Wildman–Crippen LogP) is 2.73. The molecule has 0 atom stereocenters. The van der Waals surface area contributed by atoms with Crippen LogP contribution in [0.1, 0.15) is 5.56 Å². The van der Waals surface area contributed by atoms with E-state index in [9.17, 15) is 16.8 Å². The van der Waals surface area contributed by atoms with Gasteiger partial charge in [-0.1, -0.05) is 30.3 Å². The van der Waals surface area contributed by atoms with Gasteiger partial charge in [-0.3, -0.25) is 0 Å². The van der Waals surface area contributed by atoms with Crippen LogP contribution in [-0.2, 0) is 24.5 Å². The van der Waals surface area contributed by atoms with Gasteiger partial charge in [0, 0.05) is 21.4 Å². The molecule has 5 nitrogen and oxygen atoms in total. The summed E-state index contributed by atoms with van der Waals surface area (Å²) in [5, 5.41) is 0. The molecular formula is C14H15Cl2NO4S2. The van der Waals surface area contributed by atoms with Gasteiger partial charge in [0.05, 0.1) is 9.79 Å². The van der Waals surface area contributed by atoms with Gasteiger partial charge in [-0.2, -0.15) is 0 Å². The van der Waals surface area contributed by atoms with Crippen molar-refractivity contribution in [2.45, 2.75) is 16.2 Å². The number of rotatable bonds is 4. The maximum Gasteiger partial charge on any atom is 0.261 e. The zero-order valence-electron chi connectivity index (χ0n) is 11.9. The third-order valence-corrected chi connectivity index (χ3v) is 5.40. The summed E-state index contributed by atoms with van der Waals surface area (Å²) in [5.41, 5.74) is 6.35. The van der Waals surface area contributed by atoms with E-state index in [1.807, 2.05) is 0 Å². The van der Waals surface area contributed by atoms with Crippen LogP contribution >= 0.6 is 21.4 Å². The van der Waals surface area contributed by atoms with Crippen LogP contribution in [0.3, 0.4) is 0 Å². The van der Waals surface area contributed by atoms with Crippen molar-refractivity contribution in [3.05, 3.63) is 60.2 Å². The monoisotopic (exact) mass is 395 g/mol. The lowest BCUT2D eigenvalue weighted by atomic mass is 10.2. The molecule has 0 saturated heterocycles. The van der Waals surface area contributed by atoms with E-state index in [0.29, 0.717) is 6.54 Å². The van der Waals surface area contributed by atoms with Crippen LogP contribution in [0.15, 0.2) is 64.4 Å². The van der Waals surface area contributed by atoms with E-state index < -0.39 is 18.1 Å². The highest BCUT2D eigenvalue weighted by Crippen LogP contribution is 2.15. The molecule has 0 aliphatic carbocycles. The Morgan fingerprint density at radius 1 is 0.739 bits per heavy atom. The van der Waals surface area contributed by atoms with Gasteiger partial charge in [0.25, 0.3) is 18.1 Å². The Kier molecular flexibility index (Phi) is 7.50. The van der Waals surface area contributed by atoms with E-state index in [1.165, 1.54) is 24.3 Å². The van der Waals surface area contributed by atoms with E-state index in [4.69, 9.17) is 27.1 Å². The fraction of sp³-hybridized carbons (Fsp3) is 0.143. The molecule has 2 rings (SSSR count). The summed E-state index contributed by atoms with van der Waals surface area (Å²) in [5.74, 6) is 0. The maximum absolute atomic E-state index is 10.8. The number of benzene rings is 2. The van der Waals surface area contributed by atoms with Gasteiger partial charge in [0.1, 0.15) is 0 Å². The summed E-state index contributed by atoms with van der Waals surface area (Å²) in [6.45, 7) is 0.549. The Balaban J connectivity index is 0.000000238. The average Bonchev–Trinajstić information content (AvgIpc) is 2.48. The van der Waals surface area contributed by atoms with Crippen LogP contribution in [0, 0.1) is 0 Å². The molecule has 0 heterocycles. The Morgan fingerprint density at radius 3 is 1.52 bits per heavy atom. The van der Waals surface area contributed by atoms with Crippen molar-refractivity contribution in [1.29, 1.82) is 0 Å². The van der Waals surface area contributed by atoms with Gasteiger partial charge in [-0.25, -0.2) is 16.8 Å². The molecule has 0 aliphatic heterocycles. The topological polar surface area (TPSA) is 94.3 Å². The second-order valence-corrected chi connectivity index (χ2v) is 9.50. The molecule has 2 aromatic rings. The molecule has 9 heteroatoms. The number of halogens is 2. The van der Waals surface area contributed by atoms with Crippen molar-refractivity contribution in [2.75, 3.05) is 6.54 Å². The van der Waals surface area contributed by atoms with Crippen LogP contribution in [0.25, 0.3) is 0 Å². The molecule has 126 valence electrons. The summed E-state index contributed by atoms with van der Waals surface area (Å²) in [6.07, 6.45) is 0.739. The standard InChI is InChI=1S/C8H10ClNO2S.C6H5ClO2S/c9-13(11,12)8-3-1-7(2-4-8)5-6-10;7-10(8,9)6-4-2-1-3-5-6/h1-4H,5-6,10H2;1-5H. The van der Waals surface area contributed by atoms with Crippen molar-refractivity contribution in [3.63, 3.8) is 0 Å². The first-order valence-electron chi connectivity index (χ1n) is 6.38. The van der Waals surface area contributed by atoms with Gasteiger partial charge in [-0.05, 0) is 42.8 Å². The van der Waals surface area contributed by atoms with E-state index in [0.717, 1.165) is 12.0 Å². The van der Waals surface area contributed by atoms with Gasteiger partial charge in [-0.15, -0.1) is 0 Å². The molecule has 0 saturated carbocycles. The lowest BCUT2D eigenvalue weighted by Gasteiger charge is -1.99. The largest absolute Gasteiger partial charge is 0.330 e. The normalized spacial score (nSPS) is 11.4. The van der Waals surface area contributed by atoms with E-state index >= 15 is 0 Å². The first-order chi connectivity index (χ1) is 10.6. The lowest BCUT2D eigenvalue weighted by Crippen LogP contribution is -2.02. The molecule has 23 heavy (non-hydrogen) atoms. The van der Waals surface area contributed by atoms with E-state index in [1.54, 1.807) is 30.3 Å². The molecule has 0 bridgehead atoms. The first-order valence-corrected chi connectivity index (χ1v) is 11.0. The minimum Gasteiger partial charge on any atom is -0.330 e. The molecule has 0 amide bonds. The molecule has 0 radical (unpaired) electrons. The molecule has 0 aromatic heterocycles. The molecule has 0 unspecified atom stereocenters. The quantitative estimate of drug-likeness (QED) is 0.802. The molecule has 0 spiro atoms. The van der Waals surface area contributed by atoms with Crippen LogP contribution in [-0.4, -0.2) is 23.4 Å². The van der Waals surface area contributed by atoms with Gasteiger partial charge in [0.2, 0.25) is 0 Å². The zero-order chi connectivity index (χ0) is 17.5. The van der Waals surface area contributed by atoms with Crippen LogP contribution in [0.5, 0.6) is 0 Å². The Labute approximate surface area is 144 Å².